The molecule has 3 aliphatic rings. The topological polar surface area (TPSA) is 94.3 Å². The number of pyridine rings is 1. The minimum Gasteiger partial charge on any atom is -0.494 e. The maximum absolute atomic E-state index is 13.8. The first kappa shape index (κ1) is 29.5. The van der Waals surface area contributed by atoms with Gasteiger partial charge in [0, 0.05) is 54.0 Å². The fourth-order valence-corrected chi connectivity index (χ4v) is 7.74. The van der Waals surface area contributed by atoms with Crippen LogP contribution in [0.3, 0.4) is 0 Å². The van der Waals surface area contributed by atoms with Gasteiger partial charge in [0.2, 0.25) is 0 Å². The molecule has 2 saturated carbocycles. The lowest BCUT2D eigenvalue weighted by atomic mass is 10.0. The van der Waals surface area contributed by atoms with Gasteiger partial charge >= 0.3 is 0 Å². The van der Waals surface area contributed by atoms with E-state index in [1.165, 1.54) is 19.3 Å². The SMILES string of the molecule is C=C(C)C(=O)Nc1cccc(-c2ccc3cc(-c4nc5cc(C(=O)N6CC7CCC6[C@@H]7C)cc(OC)c5n4C)n(CC4CC4)c3n2)c1. The Labute approximate surface area is 274 Å². The van der Waals surface area contributed by atoms with Crippen molar-refractivity contribution in [3.63, 3.8) is 0 Å². The summed E-state index contributed by atoms with van der Waals surface area (Å²) >= 11 is 0. The number of fused-ring (bicyclic) bond motifs is 4. The number of carbonyl (C=O) groups excluding carboxylic acids is 2. The number of benzene rings is 2. The van der Waals surface area contributed by atoms with Gasteiger partial charge in [-0.25, -0.2) is 9.97 Å². The van der Waals surface area contributed by atoms with Crippen molar-refractivity contribution in [3.05, 3.63) is 72.3 Å². The average molecular weight is 629 g/mol. The largest absolute Gasteiger partial charge is 0.494 e. The van der Waals surface area contributed by atoms with Gasteiger partial charge in [-0.05, 0) is 92.8 Å². The number of aryl methyl sites for hydroxylation is 1. The number of nitrogens with zero attached hydrogens (tertiary/aromatic N) is 5. The van der Waals surface area contributed by atoms with Crippen LogP contribution in [0.1, 0.15) is 49.9 Å². The molecule has 1 N–H and O–H groups in total. The highest BCUT2D eigenvalue weighted by Gasteiger charge is 2.46. The van der Waals surface area contributed by atoms with Gasteiger partial charge in [0.1, 0.15) is 16.9 Å². The van der Waals surface area contributed by atoms with Gasteiger partial charge in [-0.3, -0.25) is 9.59 Å². The lowest BCUT2D eigenvalue weighted by Crippen LogP contribution is -2.38. The van der Waals surface area contributed by atoms with Crippen molar-refractivity contribution in [2.45, 2.75) is 52.1 Å². The minimum absolute atomic E-state index is 0.0688. The number of rotatable bonds is 8. The highest BCUT2D eigenvalue weighted by atomic mass is 16.5. The summed E-state index contributed by atoms with van der Waals surface area (Å²) in [6.07, 6.45) is 4.69. The van der Waals surface area contributed by atoms with Gasteiger partial charge in [0.15, 0.2) is 5.82 Å². The van der Waals surface area contributed by atoms with Crippen LogP contribution < -0.4 is 10.1 Å². The fourth-order valence-electron chi connectivity index (χ4n) is 7.74. The Hall–Kier alpha value is -4.92. The first-order valence-corrected chi connectivity index (χ1v) is 16.6. The number of likely N-dealkylation sites (tertiary alicyclic amines) is 1. The summed E-state index contributed by atoms with van der Waals surface area (Å²) in [5.41, 5.74) is 7.01. The Morgan fingerprint density at radius 3 is 2.57 bits per heavy atom. The van der Waals surface area contributed by atoms with Crippen LogP contribution in [-0.2, 0) is 18.4 Å². The first-order chi connectivity index (χ1) is 22.7. The van der Waals surface area contributed by atoms with Crippen LogP contribution in [0.4, 0.5) is 5.69 Å². The number of hydrogen-bond donors (Lipinski definition) is 1. The third kappa shape index (κ3) is 4.99. The van der Waals surface area contributed by atoms with E-state index in [-0.39, 0.29) is 11.8 Å². The summed E-state index contributed by atoms with van der Waals surface area (Å²) in [5.74, 6) is 3.07. The second-order valence-electron chi connectivity index (χ2n) is 13.8. The summed E-state index contributed by atoms with van der Waals surface area (Å²) in [6.45, 7) is 9.40. The molecule has 0 spiro atoms. The molecule has 2 aliphatic carbocycles. The standard InChI is InChI=1S/C38H40N6O3/c1-21(2)37(45)39-28-8-6-7-24(15-28)29-13-11-25-17-32(43(35(25)40-29)19-23-9-10-23)36-41-30-16-27(18-33(47-5)34(30)42(36)4)38(46)44-20-26-12-14-31(44)22(26)3/h6-8,11,13,15-18,22-23,26,31H,1,9-10,12,14,19-20H2,2-5H3,(H,39,45)/t22-,26?,31?/m1/s1. The highest BCUT2D eigenvalue weighted by molar-refractivity contribution is 6.03. The summed E-state index contributed by atoms with van der Waals surface area (Å²) in [4.78, 5) is 38.5. The van der Waals surface area contributed by atoms with Crippen molar-refractivity contribution in [2.24, 2.45) is 24.8 Å². The first-order valence-electron chi connectivity index (χ1n) is 16.6. The van der Waals surface area contributed by atoms with Crippen molar-refractivity contribution in [2.75, 3.05) is 19.0 Å². The number of carbonyl (C=O) groups is 2. The van der Waals surface area contributed by atoms with Crippen molar-refractivity contribution in [1.82, 2.24) is 24.0 Å². The van der Waals surface area contributed by atoms with Crippen LogP contribution in [0.25, 0.3) is 44.8 Å². The van der Waals surface area contributed by atoms with Crippen molar-refractivity contribution in [3.8, 4) is 28.5 Å². The molecule has 2 amide bonds. The van der Waals surface area contributed by atoms with Crippen LogP contribution in [0.2, 0.25) is 0 Å². The summed E-state index contributed by atoms with van der Waals surface area (Å²) in [7, 11) is 3.67. The molecule has 4 heterocycles. The predicted molar refractivity (Wildman–Crippen MR) is 184 cm³/mol. The van der Waals surface area contributed by atoms with Crippen LogP contribution >= 0.6 is 0 Å². The normalized spacial score (nSPS) is 20.3. The predicted octanol–water partition coefficient (Wildman–Crippen LogP) is 7.06. The van der Waals surface area contributed by atoms with Crippen LogP contribution in [-0.4, -0.2) is 55.5 Å². The van der Waals surface area contributed by atoms with Gasteiger partial charge in [-0.15, -0.1) is 0 Å². The van der Waals surface area contributed by atoms with E-state index in [0.717, 1.165) is 64.4 Å². The van der Waals surface area contributed by atoms with E-state index >= 15 is 0 Å². The van der Waals surface area contributed by atoms with Crippen LogP contribution in [0, 0.1) is 17.8 Å². The zero-order valence-corrected chi connectivity index (χ0v) is 27.4. The molecule has 1 aliphatic heterocycles. The third-order valence-electron chi connectivity index (χ3n) is 10.6. The Morgan fingerprint density at radius 2 is 1.87 bits per heavy atom. The molecule has 2 bridgehead atoms. The number of hydrogen-bond acceptors (Lipinski definition) is 5. The number of methoxy groups -OCH3 is 1. The van der Waals surface area contributed by atoms with E-state index < -0.39 is 0 Å². The van der Waals surface area contributed by atoms with E-state index in [9.17, 15) is 9.59 Å². The third-order valence-corrected chi connectivity index (χ3v) is 10.6. The fraction of sp³-hybridized carbons (Fsp3) is 0.368. The number of aromatic nitrogens is 4. The van der Waals surface area contributed by atoms with Crippen LogP contribution in [0.5, 0.6) is 5.75 Å². The van der Waals surface area contributed by atoms with E-state index in [1.807, 2.05) is 49.5 Å². The Kier molecular flexibility index (Phi) is 6.97. The van der Waals surface area contributed by atoms with E-state index in [2.05, 4.69) is 45.0 Å². The molecule has 9 heteroatoms. The molecule has 1 saturated heterocycles. The second-order valence-corrected chi connectivity index (χ2v) is 13.8. The molecule has 3 atom stereocenters. The zero-order chi connectivity index (χ0) is 32.6. The number of anilines is 1. The quantitative estimate of drug-likeness (QED) is 0.186. The maximum Gasteiger partial charge on any atom is 0.254 e. The summed E-state index contributed by atoms with van der Waals surface area (Å²) < 4.78 is 10.3. The number of amides is 2. The molecular formula is C38H40N6O3. The van der Waals surface area contributed by atoms with Gasteiger partial charge < -0.3 is 24.1 Å². The Morgan fingerprint density at radius 1 is 1.04 bits per heavy atom. The summed E-state index contributed by atoms with van der Waals surface area (Å²) in [6, 6.07) is 18.2. The second kappa shape index (κ2) is 11.1. The highest BCUT2D eigenvalue weighted by Crippen LogP contribution is 2.44. The molecule has 3 aromatic heterocycles. The van der Waals surface area contributed by atoms with E-state index in [1.54, 1.807) is 14.0 Å². The number of piperidine rings is 1. The van der Waals surface area contributed by atoms with Gasteiger partial charge in [-0.1, -0.05) is 25.6 Å². The molecule has 2 unspecified atom stereocenters. The smallest absolute Gasteiger partial charge is 0.254 e. The molecule has 8 rings (SSSR count). The molecular weight excluding hydrogens is 588 g/mol. The monoisotopic (exact) mass is 628 g/mol. The van der Waals surface area contributed by atoms with Gasteiger partial charge in [0.05, 0.1) is 24.0 Å². The maximum atomic E-state index is 13.8. The van der Waals surface area contributed by atoms with E-state index in [0.29, 0.717) is 46.4 Å². The average Bonchev–Trinajstić information content (AvgIpc) is 3.47. The van der Waals surface area contributed by atoms with E-state index in [4.69, 9.17) is 14.7 Å². The van der Waals surface area contributed by atoms with Crippen molar-refractivity contribution in [1.29, 1.82) is 0 Å². The molecule has 9 nitrogen and oxygen atoms in total. The van der Waals surface area contributed by atoms with Crippen LogP contribution in [0.15, 0.2) is 66.7 Å². The molecule has 3 fully saturated rings. The molecule has 0 radical (unpaired) electrons. The molecule has 2 aromatic carbocycles. The lowest BCUT2D eigenvalue weighted by molar-refractivity contribution is -0.112. The summed E-state index contributed by atoms with van der Waals surface area (Å²) in [5, 5.41) is 3.94. The molecule has 240 valence electrons. The lowest BCUT2D eigenvalue weighted by Gasteiger charge is -2.27. The zero-order valence-electron chi connectivity index (χ0n) is 27.4. The van der Waals surface area contributed by atoms with Crippen molar-refractivity contribution < 1.29 is 14.3 Å². The minimum atomic E-state index is -0.207. The van der Waals surface area contributed by atoms with Crippen molar-refractivity contribution >= 4 is 39.6 Å². The Balaban J connectivity index is 1.20. The number of nitrogens with one attached hydrogen (secondary N) is 1. The number of ether oxygens (including phenoxy) is 1. The molecule has 5 aromatic rings. The molecule has 47 heavy (non-hydrogen) atoms. The van der Waals surface area contributed by atoms with Gasteiger partial charge in [-0.2, -0.15) is 0 Å². The Bertz CT molecular complexity index is 2100. The van der Waals surface area contributed by atoms with Gasteiger partial charge in [0.25, 0.3) is 11.8 Å². The number of imidazole rings is 1.